The molecule has 0 aliphatic carbocycles. The molecule has 10 nitrogen and oxygen atoms in total. The van der Waals surface area contributed by atoms with Crippen LogP contribution in [0.2, 0.25) is 0 Å². The summed E-state index contributed by atoms with van der Waals surface area (Å²) < 4.78 is 33.5. The molecule has 11 heteroatoms. The second kappa shape index (κ2) is 9.41. The maximum absolute atomic E-state index is 13.1. The number of aliphatic hydroxyl groups excluding tert-OH is 1. The van der Waals surface area contributed by atoms with Gasteiger partial charge in [0.15, 0.2) is 0 Å². The van der Waals surface area contributed by atoms with Crippen molar-refractivity contribution in [3.05, 3.63) is 29.8 Å². The van der Waals surface area contributed by atoms with Crippen molar-refractivity contribution in [1.29, 1.82) is 5.26 Å². The molecule has 1 fully saturated rings. The maximum Gasteiger partial charge on any atom is 0.407 e. The summed E-state index contributed by atoms with van der Waals surface area (Å²) in [5, 5.41) is 28.5. The molecule has 1 aliphatic rings. The average Bonchev–Trinajstić information content (AvgIpc) is 3.04. The van der Waals surface area contributed by atoms with Crippen molar-refractivity contribution in [2.45, 2.75) is 37.5 Å². The van der Waals surface area contributed by atoms with Crippen molar-refractivity contribution in [3.8, 4) is 11.8 Å². The number of amides is 1. The molecule has 2 rings (SSSR count). The van der Waals surface area contributed by atoms with Crippen LogP contribution in [0, 0.1) is 11.3 Å². The lowest BCUT2D eigenvalue weighted by molar-refractivity contribution is 0.0869. The number of methoxy groups -OCH3 is 1. The Hall–Kier alpha value is -2.39. The number of carbonyl (C=O) groups is 1. The summed E-state index contributed by atoms with van der Waals surface area (Å²) in [7, 11) is 0.361. The molecule has 0 saturated carbocycles. The van der Waals surface area contributed by atoms with Crippen LogP contribution < -0.4 is 4.74 Å². The van der Waals surface area contributed by atoms with Gasteiger partial charge in [0, 0.05) is 20.6 Å². The SMILES string of the molecule is COc1ccc(CN([C@H]2C[C@@H](CC#N)N(C(=O)O)[C@H]2CO)S(=O)(=O)N(C)C)cc1. The van der Waals surface area contributed by atoms with Crippen molar-refractivity contribution in [2.75, 3.05) is 27.8 Å². The van der Waals surface area contributed by atoms with Gasteiger partial charge in [-0.2, -0.15) is 22.3 Å². The highest BCUT2D eigenvalue weighted by molar-refractivity contribution is 7.86. The highest BCUT2D eigenvalue weighted by Gasteiger charge is 2.49. The van der Waals surface area contributed by atoms with Gasteiger partial charge in [-0.05, 0) is 24.1 Å². The smallest absolute Gasteiger partial charge is 0.407 e. The molecular weight excluding hydrogens is 400 g/mol. The van der Waals surface area contributed by atoms with E-state index in [9.17, 15) is 23.4 Å². The van der Waals surface area contributed by atoms with E-state index in [0.717, 1.165) is 9.21 Å². The van der Waals surface area contributed by atoms with E-state index in [1.54, 1.807) is 24.3 Å². The second-order valence-electron chi connectivity index (χ2n) is 6.94. The third kappa shape index (κ3) is 4.79. The van der Waals surface area contributed by atoms with E-state index in [1.807, 2.05) is 6.07 Å². The summed E-state index contributed by atoms with van der Waals surface area (Å²) in [5.74, 6) is 0.621. The fraction of sp³-hybridized carbons (Fsp3) is 0.556. The summed E-state index contributed by atoms with van der Waals surface area (Å²) in [5.41, 5.74) is 0.679. The zero-order valence-electron chi connectivity index (χ0n) is 16.6. The monoisotopic (exact) mass is 426 g/mol. The largest absolute Gasteiger partial charge is 0.497 e. The van der Waals surface area contributed by atoms with E-state index < -0.39 is 41.0 Å². The number of rotatable bonds is 8. The maximum atomic E-state index is 13.1. The standard InChI is InChI=1S/C18H26N4O6S/c1-20(2)29(26,27)21(11-13-4-6-15(28-3)7-5-13)16-10-14(8-9-19)22(18(24)25)17(16)12-23/h4-7,14,16-17,23H,8,10-12H2,1-3H3,(H,24,25)/t14-,16+,17+/m1/s1. The molecule has 1 aliphatic heterocycles. The number of aliphatic hydroxyl groups is 1. The van der Waals surface area contributed by atoms with Crippen LogP contribution in [-0.2, 0) is 16.8 Å². The fourth-order valence-electron chi connectivity index (χ4n) is 3.60. The second-order valence-corrected chi connectivity index (χ2v) is 9.04. The summed E-state index contributed by atoms with van der Waals surface area (Å²) in [6.07, 6.45) is -1.26. The summed E-state index contributed by atoms with van der Waals surface area (Å²) in [6, 6.07) is 6.31. The molecule has 1 aromatic carbocycles. The van der Waals surface area contributed by atoms with Crippen molar-refractivity contribution >= 4 is 16.3 Å². The van der Waals surface area contributed by atoms with Crippen molar-refractivity contribution in [3.63, 3.8) is 0 Å². The normalized spacial score (nSPS) is 22.1. The minimum atomic E-state index is -3.94. The summed E-state index contributed by atoms with van der Waals surface area (Å²) >= 11 is 0. The molecule has 1 heterocycles. The van der Waals surface area contributed by atoms with E-state index in [2.05, 4.69) is 0 Å². The van der Waals surface area contributed by atoms with Crippen molar-refractivity contribution in [1.82, 2.24) is 13.5 Å². The number of likely N-dealkylation sites (tertiary alicyclic amines) is 1. The summed E-state index contributed by atoms with van der Waals surface area (Å²) in [4.78, 5) is 12.7. The Bertz CT molecular complexity index is 852. The highest BCUT2D eigenvalue weighted by Crippen LogP contribution is 2.33. The Morgan fingerprint density at radius 3 is 2.41 bits per heavy atom. The first-order valence-corrected chi connectivity index (χ1v) is 10.4. The average molecular weight is 426 g/mol. The van der Waals surface area contributed by atoms with E-state index in [1.165, 1.54) is 25.5 Å². The van der Waals surface area contributed by atoms with Gasteiger partial charge in [0.05, 0.1) is 44.3 Å². The number of carboxylic acid groups (broad SMARTS) is 1. The van der Waals surface area contributed by atoms with Crippen LogP contribution in [0.25, 0.3) is 0 Å². The van der Waals surface area contributed by atoms with Crippen LogP contribution in [0.1, 0.15) is 18.4 Å². The van der Waals surface area contributed by atoms with E-state index >= 15 is 0 Å². The van der Waals surface area contributed by atoms with Crippen LogP contribution in [0.3, 0.4) is 0 Å². The first-order valence-electron chi connectivity index (χ1n) is 8.98. The van der Waals surface area contributed by atoms with Gasteiger partial charge in [0.2, 0.25) is 0 Å². The number of ether oxygens (including phenoxy) is 1. The molecular formula is C18H26N4O6S. The topological polar surface area (TPSA) is 134 Å². The molecule has 0 spiro atoms. The lowest BCUT2D eigenvalue weighted by atomic mass is 10.1. The van der Waals surface area contributed by atoms with Crippen LogP contribution in [-0.4, -0.2) is 84.2 Å². The fourth-order valence-corrected chi connectivity index (χ4v) is 4.90. The zero-order chi connectivity index (χ0) is 21.8. The van der Waals surface area contributed by atoms with E-state index in [-0.39, 0.29) is 19.4 Å². The Morgan fingerprint density at radius 2 is 1.97 bits per heavy atom. The Balaban J connectivity index is 2.46. The number of hydrogen-bond donors (Lipinski definition) is 2. The van der Waals surface area contributed by atoms with Crippen LogP contribution >= 0.6 is 0 Å². The van der Waals surface area contributed by atoms with Gasteiger partial charge >= 0.3 is 6.09 Å². The van der Waals surface area contributed by atoms with Crippen molar-refractivity contribution in [2.24, 2.45) is 0 Å². The molecule has 1 saturated heterocycles. The molecule has 0 unspecified atom stereocenters. The third-order valence-corrected chi connectivity index (χ3v) is 6.98. The molecule has 1 amide bonds. The van der Waals surface area contributed by atoms with Crippen molar-refractivity contribution < 1.29 is 28.2 Å². The number of nitriles is 1. The van der Waals surface area contributed by atoms with Crippen LogP contribution in [0.15, 0.2) is 24.3 Å². The predicted molar refractivity (Wildman–Crippen MR) is 104 cm³/mol. The molecule has 1 aromatic rings. The van der Waals surface area contributed by atoms with Gasteiger partial charge in [0.25, 0.3) is 10.2 Å². The zero-order valence-corrected chi connectivity index (χ0v) is 17.4. The molecule has 3 atom stereocenters. The first-order chi connectivity index (χ1) is 13.7. The van der Waals surface area contributed by atoms with Crippen LogP contribution in [0.4, 0.5) is 4.79 Å². The molecule has 0 radical (unpaired) electrons. The molecule has 2 N–H and O–H groups in total. The first kappa shape index (κ1) is 22.9. The van der Waals surface area contributed by atoms with Gasteiger partial charge in [-0.1, -0.05) is 12.1 Å². The number of nitrogens with zero attached hydrogens (tertiary/aromatic N) is 4. The van der Waals surface area contributed by atoms with Gasteiger partial charge in [-0.15, -0.1) is 0 Å². The quantitative estimate of drug-likeness (QED) is 0.625. The number of hydrogen-bond acceptors (Lipinski definition) is 6. The molecule has 160 valence electrons. The number of benzene rings is 1. The minimum Gasteiger partial charge on any atom is -0.497 e. The van der Waals surface area contributed by atoms with Gasteiger partial charge in [0.1, 0.15) is 5.75 Å². The molecule has 0 bridgehead atoms. The van der Waals surface area contributed by atoms with Gasteiger partial charge < -0.3 is 14.9 Å². The molecule has 0 aromatic heterocycles. The van der Waals surface area contributed by atoms with E-state index in [0.29, 0.717) is 11.3 Å². The Labute approximate surface area is 170 Å². The highest BCUT2D eigenvalue weighted by atomic mass is 32.2. The minimum absolute atomic E-state index is 0.0155. The molecule has 29 heavy (non-hydrogen) atoms. The Kier molecular flexibility index (Phi) is 7.43. The van der Waals surface area contributed by atoms with Crippen LogP contribution in [0.5, 0.6) is 5.75 Å². The predicted octanol–water partition coefficient (Wildman–Crippen LogP) is 0.699. The Morgan fingerprint density at radius 1 is 1.34 bits per heavy atom. The lowest BCUT2D eigenvalue weighted by Gasteiger charge is -2.34. The lowest BCUT2D eigenvalue weighted by Crippen LogP contribution is -2.53. The van der Waals surface area contributed by atoms with Gasteiger partial charge in [-0.3, -0.25) is 4.90 Å². The van der Waals surface area contributed by atoms with Gasteiger partial charge in [-0.25, -0.2) is 4.79 Å². The van der Waals surface area contributed by atoms with E-state index in [4.69, 9.17) is 10.00 Å². The third-order valence-electron chi connectivity index (χ3n) is 5.07. The summed E-state index contributed by atoms with van der Waals surface area (Å²) in [6.45, 7) is -0.570.